The van der Waals surface area contributed by atoms with Crippen LogP contribution in [-0.2, 0) is 9.59 Å². The molecule has 0 aliphatic carbocycles. The number of thioether (sulfide) groups is 1. The fourth-order valence-corrected chi connectivity index (χ4v) is 4.14. The average Bonchev–Trinajstić information content (AvgIpc) is 3.17. The van der Waals surface area contributed by atoms with E-state index in [1.54, 1.807) is 23.7 Å². The van der Waals surface area contributed by atoms with Crippen molar-refractivity contribution >= 4 is 74.3 Å². The molecule has 0 atom stereocenters. The van der Waals surface area contributed by atoms with Gasteiger partial charge in [0.05, 0.1) is 4.91 Å². The molecule has 0 bridgehead atoms. The summed E-state index contributed by atoms with van der Waals surface area (Å²) in [6.45, 7) is 0.224. The van der Waals surface area contributed by atoms with Crippen LogP contribution in [0.25, 0.3) is 6.08 Å². The summed E-state index contributed by atoms with van der Waals surface area (Å²) in [5.41, 5.74) is 0.756. The van der Waals surface area contributed by atoms with Crippen molar-refractivity contribution in [2.24, 2.45) is 0 Å². The molecule has 2 heterocycles. The highest BCUT2D eigenvalue weighted by atomic mass is 35.5. The number of carbonyl (C=O) groups excluding carboxylic acids is 2. The highest BCUT2D eigenvalue weighted by Gasteiger charge is 2.32. The summed E-state index contributed by atoms with van der Waals surface area (Å²) in [5.74, 6) is -0.420. The number of carbonyl (C=O) groups is 2. The average molecular weight is 410 g/mol. The van der Waals surface area contributed by atoms with Crippen LogP contribution >= 0.6 is 46.9 Å². The van der Waals surface area contributed by atoms with Crippen LogP contribution in [0.4, 0.5) is 5.13 Å². The molecule has 0 radical (unpaired) electrons. The van der Waals surface area contributed by atoms with Gasteiger partial charge in [0, 0.05) is 29.6 Å². The fraction of sp³-hybridized carbons (Fsp3) is 0.125. The SMILES string of the molecule is O=C(CCN1C(=O)/C(=C\c2ccccc2Cl)SC1=S)Nc1nccs1. The summed E-state index contributed by atoms with van der Waals surface area (Å²) in [7, 11) is 0. The van der Waals surface area contributed by atoms with Crippen molar-refractivity contribution in [2.45, 2.75) is 6.42 Å². The smallest absolute Gasteiger partial charge is 0.266 e. The third-order valence-electron chi connectivity index (χ3n) is 3.31. The van der Waals surface area contributed by atoms with Gasteiger partial charge in [-0.15, -0.1) is 11.3 Å². The lowest BCUT2D eigenvalue weighted by Crippen LogP contribution is -2.31. The van der Waals surface area contributed by atoms with Crippen LogP contribution < -0.4 is 5.32 Å². The molecule has 0 unspecified atom stereocenters. The molecule has 1 aromatic carbocycles. The van der Waals surface area contributed by atoms with E-state index in [0.717, 1.165) is 5.56 Å². The third-order valence-corrected chi connectivity index (χ3v) is 5.72. The summed E-state index contributed by atoms with van der Waals surface area (Å²) in [6.07, 6.45) is 3.48. The molecule has 0 spiro atoms. The van der Waals surface area contributed by atoms with Gasteiger partial charge in [0.2, 0.25) is 5.91 Å². The van der Waals surface area contributed by atoms with Gasteiger partial charge in [0.1, 0.15) is 4.32 Å². The van der Waals surface area contributed by atoms with Crippen molar-refractivity contribution in [2.75, 3.05) is 11.9 Å². The standard InChI is InChI=1S/C16H12ClN3O2S3/c17-11-4-2-1-3-10(11)9-12-14(22)20(16(23)25-12)7-5-13(21)19-15-18-6-8-24-15/h1-4,6,8-9H,5,7H2,(H,18,19,21)/b12-9+. The zero-order valence-corrected chi connectivity index (χ0v) is 16.0. The first-order valence-electron chi connectivity index (χ1n) is 7.24. The molecule has 9 heteroatoms. The van der Waals surface area contributed by atoms with Crippen molar-refractivity contribution in [3.63, 3.8) is 0 Å². The van der Waals surface area contributed by atoms with Crippen molar-refractivity contribution in [1.29, 1.82) is 0 Å². The predicted molar refractivity (Wildman–Crippen MR) is 107 cm³/mol. The van der Waals surface area contributed by atoms with Crippen molar-refractivity contribution < 1.29 is 9.59 Å². The Kier molecular flexibility index (Phi) is 5.85. The number of anilines is 1. The second kappa shape index (κ2) is 8.09. The first-order chi connectivity index (χ1) is 12.0. The van der Waals surface area contributed by atoms with Crippen LogP contribution in [0, 0.1) is 0 Å². The maximum atomic E-state index is 12.5. The maximum absolute atomic E-state index is 12.5. The van der Waals surface area contributed by atoms with E-state index in [9.17, 15) is 9.59 Å². The van der Waals surface area contributed by atoms with Gasteiger partial charge in [-0.1, -0.05) is 53.8 Å². The molecule has 1 fully saturated rings. The number of thiazole rings is 1. The first-order valence-corrected chi connectivity index (χ1v) is 9.72. The third kappa shape index (κ3) is 4.46. The van der Waals surface area contributed by atoms with Crippen LogP contribution in [-0.4, -0.2) is 32.6 Å². The number of nitrogens with one attached hydrogen (secondary N) is 1. The van der Waals surface area contributed by atoms with Gasteiger partial charge in [-0.05, 0) is 17.7 Å². The number of halogens is 1. The molecule has 1 aliphatic rings. The Hall–Kier alpha value is -1.74. The van der Waals surface area contributed by atoms with Crippen LogP contribution in [0.3, 0.4) is 0 Å². The van der Waals surface area contributed by atoms with Gasteiger partial charge in [0.25, 0.3) is 5.91 Å². The molecule has 2 aromatic rings. The molecule has 2 amide bonds. The highest BCUT2D eigenvalue weighted by molar-refractivity contribution is 8.26. The number of thiocarbonyl (C=S) groups is 1. The van der Waals surface area contributed by atoms with E-state index in [2.05, 4.69) is 10.3 Å². The van der Waals surface area contributed by atoms with Crippen molar-refractivity contribution in [3.05, 3.63) is 51.3 Å². The molecule has 25 heavy (non-hydrogen) atoms. The molecule has 0 saturated carbocycles. The van der Waals surface area contributed by atoms with Crippen LogP contribution in [0.15, 0.2) is 40.7 Å². The van der Waals surface area contributed by atoms with Crippen LogP contribution in [0.2, 0.25) is 5.02 Å². The number of hydrogen-bond acceptors (Lipinski definition) is 6. The lowest BCUT2D eigenvalue weighted by Gasteiger charge is -2.13. The van der Waals surface area contributed by atoms with Gasteiger partial charge in [-0.3, -0.25) is 14.5 Å². The quantitative estimate of drug-likeness (QED) is 0.596. The lowest BCUT2D eigenvalue weighted by atomic mass is 10.2. The normalized spacial score (nSPS) is 15.9. The van der Waals surface area contributed by atoms with Gasteiger partial charge in [0.15, 0.2) is 5.13 Å². The second-order valence-electron chi connectivity index (χ2n) is 4.99. The summed E-state index contributed by atoms with van der Waals surface area (Å²) < 4.78 is 0.436. The predicted octanol–water partition coefficient (Wildman–Crippen LogP) is 4.03. The summed E-state index contributed by atoms with van der Waals surface area (Å²) in [4.78, 5) is 30.4. The second-order valence-corrected chi connectivity index (χ2v) is 7.97. The Morgan fingerprint density at radius 2 is 2.20 bits per heavy atom. The number of hydrogen-bond donors (Lipinski definition) is 1. The molecule has 3 rings (SSSR count). The van der Waals surface area contributed by atoms with Crippen molar-refractivity contribution in [3.8, 4) is 0 Å². The molecule has 1 aliphatic heterocycles. The number of nitrogens with zero attached hydrogens (tertiary/aromatic N) is 2. The monoisotopic (exact) mass is 409 g/mol. The van der Waals surface area contributed by atoms with Crippen molar-refractivity contribution in [1.82, 2.24) is 9.88 Å². The Bertz CT molecular complexity index is 852. The molecule has 1 saturated heterocycles. The number of amides is 2. The Morgan fingerprint density at radius 3 is 2.92 bits per heavy atom. The molecule has 5 nitrogen and oxygen atoms in total. The molecular weight excluding hydrogens is 398 g/mol. The van der Waals surface area contributed by atoms with Crippen LogP contribution in [0.5, 0.6) is 0 Å². The highest BCUT2D eigenvalue weighted by Crippen LogP contribution is 2.33. The van der Waals surface area contributed by atoms with E-state index >= 15 is 0 Å². The zero-order valence-electron chi connectivity index (χ0n) is 12.8. The molecule has 1 aromatic heterocycles. The number of rotatable bonds is 5. The summed E-state index contributed by atoms with van der Waals surface area (Å²) in [6, 6.07) is 7.26. The van der Waals surface area contributed by atoms with Gasteiger partial charge < -0.3 is 5.32 Å². The molecule has 128 valence electrons. The minimum Gasteiger partial charge on any atom is -0.302 e. The minimum absolute atomic E-state index is 0.144. The lowest BCUT2D eigenvalue weighted by molar-refractivity contribution is -0.122. The van der Waals surface area contributed by atoms with E-state index in [1.165, 1.54) is 28.0 Å². The Labute approximate surface area is 163 Å². The molecule has 1 N–H and O–H groups in total. The van der Waals surface area contributed by atoms with Gasteiger partial charge >= 0.3 is 0 Å². The van der Waals surface area contributed by atoms with Gasteiger partial charge in [-0.25, -0.2) is 4.98 Å². The first kappa shape index (κ1) is 18.1. The number of aromatic nitrogens is 1. The topological polar surface area (TPSA) is 62.3 Å². The van der Waals surface area contributed by atoms with E-state index < -0.39 is 0 Å². The summed E-state index contributed by atoms with van der Waals surface area (Å²) in [5, 5.41) is 5.56. The van der Waals surface area contributed by atoms with E-state index in [-0.39, 0.29) is 24.8 Å². The zero-order chi connectivity index (χ0) is 17.8. The molecular formula is C16H12ClN3O2S3. The van der Waals surface area contributed by atoms with Crippen LogP contribution in [0.1, 0.15) is 12.0 Å². The summed E-state index contributed by atoms with van der Waals surface area (Å²) >= 11 is 13.9. The van der Waals surface area contributed by atoms with E-state index in [4.69, 9.17) is 23.8 Å². The Balaban J connectivity index is 1.63. The number of benzene rings is 1. The van der Waals surface area contributed by atoms with E-state index in [1.807, 2.05) is 18.2 Å². The largest absolute Gasteiger partial charge is 0.302 e. The van der Waals surface area contributed by atoms with Gasteiger partial charge in [-0.2, -0.15) is 0 Å². The fourth-order valence-electron chi connectivity index (χ4n) is 2.11. The maximum Gasteiger partial charge on any atom is 0.266 e. The minimum atomic E-state index is -0.211. The Morgan fingerprint density at radius 1 is 1.40 bits per heavy atom. The van der Waals surface area contributed by atoms with E-state index in [0.29, 0.717) is 19.4 Å².